The largest absolute Gasteiger partial charge is 0.487 e. The average molecular weight is 229 g/mol. The fourth-order valence-corrected chi connectivity index (χ4v) is 1.93. The van der Waals surface area contributed by atoms with Gasteiger partial charge in [-0.05, 0) is 26.0 Å². The molecule has 0 radical (unpaired) electrons. The van der Waals surface area contributed by atoms with Gasteiger partial charge in [0.2, 0.25) is 0 Å². The molecule has 0 spiro atoms. The summed E-state index contributed by atoms with van der Waals surface area (Å²) in [6, 6.07) is 4.08. The molecule has 86 valence electrons. The van der Waals surface area contributed by atoms with E-state index in [1.807, 2.05) is 19.9 Å². The molecule has 1 aromatic heterocycles. The maximum Gasteiger partial charge on any atom is 0.173 e. The van der Waals surface area contributed by atoms with Gasteiger partial charge in [-0.25, -0.2) is 0 Å². The second kappa shape index (κ2) is 6.82. The third-order valence-electron chi connectivity index (χ3n) is 1.87. The fourth-order valence-electron chi connectivity index (χ4n) is 1.14. The maximum atomic E-state index is 5.42. The monoisotopic (exact) mass is 229 g/mol. The van der Waals surface area contributed by atoms with Crippen molar-refractivity contribution in [3.8, 4) is 5.06 Å². The molecular formula is C11H19NO2S. The van der Waals surface area contributed by atoms with Gasteiger partial charge < -0.3 is 14.8 Å². The molecular weight excluding hydrogens is 210 g/mol. The van der Waals surface area contributed by atoms with E-state index in [1.165, 1.54) is 4.88 Å². The molecule has 0 fully saturated rings. The molecule has 1 aromatic rings. The highest BCUT2D eigenvalue weighted by molar-refractivity contribution is 7.13. The SMILES string of the molecule is COc1ccc(CNCCOC(C)C)s1. The Morgan fingerprint density at radius 3 is 2.80 bits per heavy atom. The lowest BCUT2D eigenvalue weighted by atomic mass is 10.4. The molecule has 0 aliphatic carbocycles. The molecule has 0 aliphatic rings. The molecule has 1 heterocycles. The highest BCUT2D eigenvalue weighted by Gasteiger charge is 1.99. The van der Waals surface area contributed by atoms with Gasteiger partial charge in [-0.1, -0.05) is 0 Å². The summed E-state index contributed by atoms with van der Waals surface area (Å²) in [5.41, 5.74) is 0. The molecule has 1 rings (SSSR count). The zero-order valence-corrected chi connectivity index (χ0v) is 10.4. The van der Waals surface area contributed by atoms with Gasteiger partial charge in [0.1, 0.15) is 0 Å². The van der Waals surface area contributed by atoms with Crippen molar-refractivity contribution in [2.75, 3.05) is 20.3 Å². The van der Waals surface area contributed by atoms with Gasteiger partial charge in [-0.2, -0.15) is 0 Å². The Bertz CT molecular complexity index is 273. The number of rotatable bonds is 7. The lowest BCUT2D eigenvalue weighted by Gasteiger charge is -2.07. The van der Waals surface area contributed by atoms with Gasteiger partial charge in [-0.3, -0.25) is 0 Å². The zero-order valence-electron chi connectivity index (χ0n) is 9.58. The number of ether oxygens (including phenoxy) is 2. The zero-order chi connectivity index (χ0) is 11.1. The quantitative estimate of drug-likeness (QED) is 0.728. The summed E-state index contributed by atoms with van der Waals surface area (Å²) in [7, 11) is 1.69. The van der Waals surface area contributed by atoms with Gasteiger partial charge in [0.25, 0.3) is 0 Å². The van der Waals surface area contributed by atoms with Crippen LogP contribution in [0.5, 0.6) is 5.06 Å². The minimum absolute atomic E-state index is 0.314. The van der Waals surface area contributed by atoms with E-state index >= 15 is 0 Å². The van der Waals surface area contributed by atoms with E-state index in [0.717, 1.165) is 24.8 Å². The molecule has 4 heteroatoms. The van der Waals surface area contributed by atoms with Crippen molar-refractivity contribution in [2.24, 2.45) is 0 Å². The van der Waals surface area contributed by atoms with Crippen molar-refractivity contribution >= 4 is 11.3 Å². The molecule has 0 atom stereocenters. The minimum atomic E-state index is 0.314. The first-order chi connectivity index (χ1) is 7.22. The van der Waals surface area contributed by atoms with Crippen molar-refractivity contribution in [3.05, 3.63) is 17.0 Å². The Kier molecular flexibility index (Phi) is 5.68. The van der Waals surface area contributed by atoms with E-state index < -0.39 is 0 Å². The molecule has 1 N–H and O–H groups in total. The summed E-state index contributed by atoms with van der Waals surface area (Å²) in [6.07, 6.45) is 0.314. The van der Waals surface area contributed by atoms with Crippen LogP contribution in [0.1, 0.15) is 18.7 Å². The van der Waals surface area contributed by atoms with Gasteiger partial charge in [0.05, 0.1) is 19.8 Å². The van der Waals surface area contributed by atoms with Crippen LogP contribution in [0.15, 0.2) is 12.1 Å². The van der Waals surface area contributed by atoms with Crippen LogP contribution in [-0.2, 0) is 11.3 Å². The fraction of sp³-hybridized carbons (Fsp3) is 0.636. The van der Waals surface area contributed by atoms with E-state index in [9.17, 15) is 0 Å². The standard InChI is InChI=1S/C11H19NO2S/c1-9(2)14-7-6-12-8-10-4-5-11(13-3)15-10/h4-5,9,12H,6-8H2,1-3H3. The van der Waals surface area contributed by atoms with Crippen molar-refractivity contribution in [2.45, 2.75) is 26.5 Å². The van der Waals surface area contributed by atoms with Crippen LogP contribution in [0.25, 0.3) is 0 Å². The summed E-state index contributed by atoms with van der Waals surface area (Å²) in [5, 5.41) is 4.29. The summed E-state index contributed by atoms with van der Waals surface area (Å²) in [6.45, 7) is 6.63. The van der Waals surface area contributed by atoms with E-state index in [1.54, 1.807) is 18.4 Å². The first-order valence-corrected chi connectivity index (χ1v) is 5.99. The van der Waals surface area contributed by atoms with Crippen molar-refractivity contribution in [3.63, 3.8) is 0 Å². The van der Waals surface area contributed by atoms with Gasteiger partial charge in [-0.15, -0.1) is 11.3 Å². The highest BCUT2D eigenvalue weighted by atomic mass is 32.1. The van der Waals surface area contributed by atoms with Crippen LogP contribution in [-0.4, -0.2) is 26.4 Å². The average Bonchev–Trinajstić information content (AvgIpc) is 2.65. The predicted octanol–water partition coefficient (Wildman–Crippen LogP) is 2.27. The van der Waals surface area contributed by atoms with Gasteiger partial charge in [0.15, 0.2) is 5.06 Å². The van der Waals surface area contributed by atoms with Crippen LogP contribution in [0.3, 0.4) is 0 Å². The molecule has 15 heavy (non-hydrogen) atoms. The van der Waals surface area contributed by atoms with Crippen LogP contribution in [0.2, 0.25) is 0 Å². The maximum absolute atomic E-state index is 5.42. The second-order valence-electron chi connectivity index (χ2n) is 3.52. The minimum Gasteiger partial charge on any atom is -0.487 e. The summed E-state index contributed by atoms with van der Waals surface area (Å²) >= 11 is 1.67. The predicted molar refractivity (Wildman–Crippen MR) is 63.7 cm³/mol. The van der Waals surface area contributed by atoms with Crippen LogP contribution in [0, 0.1) is 0 Å². The third-order valence-corrected chi connectivity index (χ3v) is 2.91. The lowest BCUT2D eigenvalue weighted by Crippen LogP contribution is -2.20. The van der Waals surface area contributed by atoms with Crippen LogP contribution < -0.4 is 10.1 Å². The molecule has 3 nitrogen and oxygen atoms in total. The number of thiophene rings is 1. The molecule has 0 amide bonds. The smallest absolute Gasteiger partial charge is 0.173 e. The Labute approximate surface area is 95.4 Å². The topological polar surface area (TPSA) is 30.5 Å². The first-order valence-electron chi connectivity index (χ1n) is 5.17. The second-order valence-corrected chi connectivity index (χ2v) is 4.65. The Balaban J connectivity index is 2.09. The molecule has 0 bridgehead atoms. The lowest BCUT2D eigenvalue weighted by molar-refractivity contribution is 0.0807. The van der Waals surface area contributed by atoms with Gasteiger partial charge >= 0.3 is 0 Å². The van der Waals surface area contributed by atoms with E-state index in [-0.39, 0.29) is 0 Å². The van der Waals surface area contributed by atoms with Crippen LogP contribution in [0.4, 0.5) is 0 Å². The number of nitrogens with one attached hydrogen (secondary N) is 1. The number of hydrogen-bond acceptors (Lipinski definition) is 4. The molecule has 0 saturated carbocycles. The Morgan fingerprint density at radius 2 is 2.20 bits per heavy atom. The normalized spacial score (nSPS) is 10.9. The summed E-state index contributed by atoms with van der Waals surface area (Å²) in [5.74, 6) is 0. The highest BCUT2D eigenvalue weighted by Crippen LogP contribution is 2.23. The van der Waals surface area contributed by atoms with Crippen molar-refractivity contribution in [1.82, 2.24) is 5.32 Å². The molecule has 0 aromatic carbocycles. The van der Waals surface area contributed by atoms with E-state index in [0.29, 0.717) is 6.10 Å². The first kappa shape index (κ1) is 12.5. The molecule has 0 aliphatic heterocycles. The number of methoxy groups -OCH3 is 1. The summed E-state index contributed by atoms with van der Waals surface area (Å²) < 4.78 is 10.5. The third kappa shape index (κ3) is 5.16. The van der Waals surface area contributed by atoms with Crippen molar-refractivity contribution < 1.29 is 9.47 Å². The molecule has 0 saturated heterocycles. The van der Waals surface area contributed by atoms with E-state index in [4.69, 9.17) is 9.47 Å². The summed E-state index contributed by atoms with van der Waals surface area (Å²) in [4.78, 5) is 1.29. The van der Waals surface area contributed by atoms with E-state index in [2.05, 4.69) is 11.4 Å². The molecule has 0 unspecified atom stereocenters. The Hall–Kier alpha value is -0.580. The Morgan fingerprint density at radius 1 is 1.40 bits per heavy atom. The number of hydrogen-bond donors (Lipinski definition) is 1. The van der Waals surface area contributed by atoms with Crippen molar-refractivity contribution in [1.29, 1.82) is 0 Å². The van der Waals surface area contributed by atoms with Crippen LogP contribution >= 0.6 is 11.3 Å². The van der Waals surface area contributed by atoms with Gasteiger partial charge in [0, 0.05) is 18.0 Å².